The first-order valence-corrected chi connectivity index (χ1v) is 10.0. The van der Waals surface area contributed by atoms with Crippen LogP contribution in [0.2, 0.25) is 0 Å². The van der Waals surface area contributed by atoms with Gasteiger partial charge in [-0.15, -0.1) is 0 Å². The van der Waals surface area contributed by atoms with E-state index in [1.54, 1.807) is 0 Å². The highest BCUT2D eigenvalue weighted by atomic mass is 16.6. The van der Waals surface area contributed by atoms with Gasteiger partial charge in [-0.25, -0.2) is 0 Å². The maximum atomic E-state index is 12.2. The molecule has 8 nitrogen and oxygen atoms in total. The lowest BCUT2D eigenvalue weighted by atomic mass is 10.0. The van der Waals surface area contributed by atoms with E-state index in [2.05, 4.69) is 40.7 Å². The smallest absolute Gasteiger partial charge is 0.270 e. The van der Waals surface area contributed by atoms with Gasteiger partial charge in [0.15, 0.2) is 0 Å². The summed E-state index contributed by atoms with van der Waals surface area (Å²) in [6.07, 6.45) is 1.72. The number of carbonyl (C=O) groups is 2. The van der Waals surface area contributed by atoms with Crippen molar-refractivity contribution < 1.29 is 14.5 Å². The van der Waals surface area contributed by atoms with Crippen molar-refractivity contribution in [2.75, 3.05) is 19.6 Å². The van der Waals surface area contributed by atoms with Gasteiger partial charge in [0.25, 0.3) is 11.6 Å². The molecule has 2 amide bonds. The molecule has 158 valence electrons. The Morgan fingerprint density at radius 1 is 1.13 bits per heavy atom. The van der Waals surface area contributed by atoms with Gasteiger partial charge in [-0.2, -0.15) is 0 Å². The number of piperidine rings is 1. The minimum Gasteiger partial charge on any atom is -0.352 e. The molecule has 2 aromatic carbocycles. The molecule has 0 spiro atoms. The van der Waals surface area contributed by atoms with Crippen LogP contribution in [-0.2, 0) is 11.3 Å². The van der Waals surface area contributed by atoms with Crippen LogP contribution in [-0.4, -0.2) is 47.3 Å². The summed E-state index contributed by atoms with van der Waals surface area (Å²) in [6, 6.07) is 13.9. The molecule has 0 atom stereocenters. The SMILES string of the molecule is Cc1ccccc1CN1CCC(NC(=O)CNC(=O)c2cccc([N+](=O)[O-])c2)CC1. The van der Waals surface area contributed by atoms with Gasteiger partial charge >= 0.3 is 0 Å². The summed E-state index contributed by atoms with van der Waals surface area (Å²) in [4.78, 5) is 37.0. The van der Waals surface area contributed by atoms with E-state index in [0.717, 1.165) is 32.5 Å². The van der Waals surface area contributed by atoms with Crippen LogP contribution in [0.15, 0.2) is 48.5 Å². The molecule has 0 bridgehead atoms. The molecule has 8 heteroatoms. The lowest BCUT2D eigenvalue weighted by Crippen LogP contribution is -2.47. The number of benzene rings is 2. The number of carbonyl (C=O) groups excluding carboxylic acids is 2. The van der Waals surface area contributed by atoms with Gasteiger partial charge in [0.2, 0.25) is 5.91 Å². The first kappa shape index (κ1) is 21.4. The maximum absolute atomic E-state index is 12.2. The summed E-state index contributed by atoms with van der Waals surface area (Å²) in [7, 11) is 0. The Kier molecular flexibility index (Phi) is 7.13. The van der Waals surface area contributed by atoms with E-state index in [4.69, 9.17) is 0 Å². The molecule has 0 unspecified atom stereocenters. The van der Waals surface area contributed by atoms with Crippen LogP contribution in [0.5, 0.6) is 0 Å². The van der Waals surface area contributed by atoms with Crippen LogP contribution in [0.3, 0.4) is 0 Å². The fourth-order valence-corrected chi connectivity index (χ4v) is 3.57. The molecule has 0 aromatic heterocycles. The second kappa shape index (κ2) is 9.98. The Hall–Kier alpha value is -3.26. The number of nitrogens with zero attached hydrogens (tertiary/aromatic N) is 2. The van der Waals surface area contributed by atoms with Crippen molar-refractivity contribution >= 4 is 17.5 Å². The highest BCUT2D eigenvalue weighted by Gasteiger charge is 2.21. The molecule has 2 N–H and O–H groups in total. The predicted octanol–water partition coefficient (Wildman–Crippen LogP) is 2.41. The Labute approximate surface area is 175 Å². The Morgan fingerprint density at radius 2 is 1.87 bits per heavy atom. The molecule has 0 saturated carbocycles. The largest absolute Gasteiger partial charge is 0.352 e. The van der Waals surface area contributed by atoms with E-state index in [1.807, 2.05) is 6.07 Å². The Bertz CT molecular complexity index is 923. The van der Waals surface area contributed by atoms with Crippen molar-refractivity contribution in [2.24, 2.45) is 0 Å². The van der Waals surface area contributed by atoms with Gasteiger partial charge in [0, 0.05) is 43.4 Å². The number of nitro benzene ring substituents is 1. The van der Waals surface area contributed by atoms with Crippen molar-refractivity contribution in [3.05, 3.63) is 75.3 Å². The molecular formula is C22H26N4O4. The lowest BCUT2D eigenvalue weighted by Gasteiger charge is -2.32. The number of nitro groups is 1. The van der Waals surface area contributed by atoms with Crippen LogP contribution in [0.1, 0.15) is 34.3 Å². The van der Waals surface area contributed by atoms with E-state index in [9.17, 15) is 19.7 Å². The first-order valence-electron chi connectivity index (χ1n) is 10.0. The number of nitrogens with one attached hydrogen (secondary N) is 2. The summed E-state index contributed by atoms with van der Waals surface area (Å²) in [5, 5.41) is 16.3. The molecule has 1 saturated heterocycles. The van der Waals surface area contributed by atoms with Crippen molar-refractivity contribution in [2.45, 2.75) is 32.4 Å². The van der Waals surface area contributed by atoms with Crippen molar-refractivity contribution in [1.29, 1.82) is 0 Å². The average molecular weight is 410 g/mol. The second-order valence-electron chi connectivity index (χ2n) is 7.53. The maximum Gasteiger partial charge on any atom is 0.270 e. The van der Waals surface area contributed by atoms with E-state index in [-0.39, 0.29) is 29.7 Å². The van der Waals surface area contributed by atoms with E-state index < -0.39 is 10.8 Å². The molecule has 3 rings (SSSR count). The molecule has 1 aliphatic heterocycles. The molecule has 0 aliphatic carbocycles. The minimum absolute atomic E-state index is 0.0836. The topological polar surface area (TPSA) is 105 Å². The number of rotatable bonds is 7. The van der Waals surface area contributed by atoms with Crippen molar-refractivity contribution in [1.82, 2.24) is 15.5 Å². The molecule has 0 radical (unpaired) electrons. The first-order chi connectivity index (χ1) is 14.4. The lowest BCUT2D eigenvalue weighted by molar-refractivity contribution is -0.384. The van der Waals surface area contributed by atoms with E-state index in [1.165, 1.54) is 35.4 Å². The number of aryl methyl sites for hydroxylation is 1. The third kappa shape index (κ3) is 5.87. The molecule has 1 fully saturated rings. The van der Waals surface area contributed by atoms with Crippen molar-refractivity contribution in [3.63, 3.8) is 0 Å². The summed E-state index contributed by atoms with van der Waals surface area (Å²) in [6.45, 7) is 4.67. The monoisotopic (exact) mass is 410 g/mol. The predicted molar refractivity (Wildman–Crippen MR) is 113 cm³/mol. The van der Waals surface area contributed by atoms with Crippen LogP contribution in [0.4, 0.5) is 5.69 Å². The Balaban J connectivity index is 1.41. The summed E-state index contributed by atoms with van der Waals surface area (Å²) < 4.78 is 0. The third-order valence-electron chi connectivity index (χ3n) is 5.34. The summed E-state index contributed by atoms with van der Waals surface area (Å²) >= 11 is 0. The van der Waals surface area contributed by atoms with E-state index >= 15 is 0 Å². The van der Waals surface area contributed by atoms with Crippen LogP contribution >= 0.6 is 0 Å². The second-order valence-corrected chi connectivity index (χ2v) is 7.53. The van der Waals surface area contributed by atoms with Gasteiger partial charge in [-0.3, -0.25) is 24.6 Å². The van der Waals surface area contributed by atoms with Gasteiger partial charge in [-0.05, 0) is 37.0 Å². The van der Waals surface area contributed by atoms with Crippen LogP contribution in [0.25, 0.3) is 0 Å². The molecule has 2 aromatic rings. The van der Waals surface area contributed by atoms with Gasteiger partial charge in [-0.1, -0.05) is 30.3 Å². The summed E-state index contributed by atoms with van der Waals surface area (Å²) in [5.74, 6) is -0.770. The van der Waals surface area contributed by atoms with Crippen LogP contribution < -0.4 is 10.6 Å². The number of amides is 2. The third-order valence-corrected chi connectivity index (χ3v) is 5.34. The van der Waals surface area contributed by atoms with Gasteiger partial charge < -0.3 is 10.6 Å². The average Bonchev–Trinajstić information content (AvgIpc) is 2.75. The minimum atomic E-state index is -0.561. The molecule has 30 heavy (non-hydrogen) atoms. The quantitative estimate of drug-likeness (QED) is 0.539. The van der Waals surface area contributed by atoms with Gasteiger partial charge in [0.1, 0.15) is 0 Å². The number of hydrogen-bond acceptors (Lipinski definition) is 5. The zero-order valence-corrected chi connectivity index (χ0v) is 17.0. The highest BCUT2D eigenvalue weighted by molar-refractivity contribution is 5.96. The molecule has 1 aliphatic rings. The fourth-order valence-electron chi connectivity index (χ4n) is 3.57. The molecule has 1 heterocycles. The molecular weight excluding hydrogens is 384 g/mol. The zero-order chi connectivity index (χ0) is 21.5. The van der Waals surface area contributed by atoms with E-state index in [0.29, 0.717) is 0 Å². The summed E-state index contributed by atoms with van der Waals surface area (Å²) in [5.41, 5.74) is 2.60. The standard InChI is InChI=1S/C22H26N4O4/c1-16-5-2-3-6-18(16)15-25-11-9-19(10-12-25)24-21(27)14-23-22(28)17-7-4-8-20(13-17)26(29)30/h2-8,13,19H,9-12,14-15H2,1H3,(H,23,28)(H,24,27). The number of likely N-dealkylation sites (tertiary alicyclic amines) is 1. The zero-order valence-electron chi connectivity index (χ0n) is 17.0. The van der Waals surface area contributed by atoms with Crippen molar-refractivity contribution in [3.8, 4) is 0 Å². The van der Waals surface area contributed by atoms with Crippen LogP contribution in [0, 0.1) is 17.0 Å². The normalized spacial score (nSPS) is 14.8. The number of non-ortho nitro benzene ring substituents is 1. The highest BCUT2D eigenvalue weighted by Crippen LogP contribution is 2.16. The van der Waals surface area contributed by atoms with Gasteiger partial charge in [0.05, 0.1) is 11.5 Å². The fraction of sp³-hybridized carbons (Fsp3) is 0.364. The number of hydrogen-bond donors (Lipinski definition) is 2. The Morgan fingerprint density at radius 3 is 2.57 bits per heavy atom.